The summed E-state index contributed by atoms with van der Waals surface area (Å²) < 4.78 is 0. The molecule has 106 valence electrons. The zero-order chi connectivity index (χ0) is 14.6. The van der Waals surface area contributed by atoms with E-state index in [0.717, 1.165) is 30.3 Å². The highest BCUT2D eigenvalue weighted by atomic mass is 15.0. The van der Waals surface area contributed by atoms with Crippen molar-refractivity contribution in [2.75, 3.05) is 11.9 Å². The standard InChI is InChI=1S/C17H23N3/c1-5-15-11-16(20-13(2)19-15)18-12-17(3,4)14-9-7-6-8-10-14/h6-11H,5,12H2,1-4H3,(H,18,19,20). The number of nitrogens with zero attached hydrogens (tertiary/aromatic N) is 2. The highest BCUT2D eigenvalue weighted by Crippen LogP contribution is 2.23. The number of aryl methyl sites for hydroxylation is 2. The van der Waals surface area contributed by atoms with Gasteiger partial charge in [-0.05, 0) is 18.9 Å². The lowest BCUT2D eigenvalue weighted by Gasteiger charge is -2.26. The molecule has 0 aliphatic carbocycles. The highest BCUT2D eigenvalue weighted by Gasteiger charge is 2.20. The van der Waals surface area contributed by atoms with E-state index in [9.17, 15) is 0 Å². The molecule has 20 heavy (non-hydrogen) atoms. The smallest absolute Gasteiger partial charge is 0.129 e. The number of nitrogens with one attached hydrogen (secondary N) is 1. The first-order chi connectivity index (χ1) is 9.51. The molecule has 0 fully saturated rings. The monoisotopic (exact) mass is 269 g/mol. The van der Waals surface area contributed by atoms with Crippen LogP contribution in [0.1, 0.15) is 37.9 Å². The second-order valence-electron chi connectivity index (χ2n) is 5.75. The van der Waals surface area contributed by atoms with Crippen molar-refractivity contribution < 1.29 is 0 Å². The Bertz CT molecular complexity index is 562. The lowest BCUT2D eigenvalue weighted by atomic mass is 9.84. The van der Waals surface area contributed by atoms with Gasteiger partial charge in [0.1, 0.15) is 11.6 Å². The molecule has 3 nitrogen and oxygen atoms in total. The maximum absolute atomic E-state index is 4.46. The lowest BCUT2D eigenvalue weighted by molar-refractivity contribution is 0.556. The molecule has 1 aromatic heterocycles. The quantitative estimate of drug-likeness (QED) is 0.898. The first-order valence-corrected chi connectivity index (χ1v) is 7.15. The number of aromatic nitrogens is 2. The van der Waals surface area contributed by atoms with Crippen LogP contribution >= 0.6 is 0 Å². The van der Waals surface area contributed by atoms with Gasteiger partial charge in [-0.1, -0.05) is 51.1 Å². The predicted octanol–water partition coefficient (Wildman–Crippen LogP) is 3.74. The van der Waals surface area contributed by atoms with Crippen molar-refractivity contribution in [1.82, 2.24) is 9.97 Å². The fourth-order valence-corrected chi connectivity index (χ4v) is 2.20. The number of hydrogen-bond donors (Lipinski definition) is 1. The Hall–Kier alpha value is -1.90. The van der Waals surface area contributed by atoms with Crippen LogP contribution in [0.25, 0.3) is 0 Å². The van der Waals surface area contributed by atoms with Gasteiger partial charge in [0.25, 0.3) is 0 Å². The predicted molar refractivity (Wildman–Crippen MR) is 84.1 cm³/mol. The summed E-state index contributed by atoms with van der Waals surface area (Å²) in [5, 5.41) is 3.45. The third-order valence-corrected chi connectivity index (χ3v) is 3.52. The topological polar surface area (TPSA) is 37.8 Å². The fraction of sp³-hybridized carbons (Fsp3) is 0.412. The van der Waals surface area contributed by atoms with Crippen molar-refractivity contribution in [3.63, 3.8) is 0 Å². The van der Waals surface area contributed by atoms with Crippen LogP contribution in [0.15, 0.2) is 36.4 Å². The van der Waals surface area contributed by atoms with Crippen LogP contribution in [0.2, 0.25) is 0 Å². The van der Waals surface area contributed by atoms with E-state index < -0.39 is 0 Å². The van der Waals surface area contributed by atoms with Crippen molar-refractivity contribution in [2.45, 2.75) is 39.5 Å². The van der Waals surface area contributed by atoms with Crippen LogP contribution in [0.5, 0.6) is 0 Å². The molecule has 0 spiro atoms. The van der Waals surface area contributed by atoms with Crippen LogP contribution in [0.3, 0.4) is 0 Å². The van der Waals surface area contributed by atoms with Gasteiger partial charge in [0.15, 0.2) is 0 Å². The first kappa shape index (κ1) is 14.5. The van der Waals surface area contributed by atoms with Crippen molar-refractivity contribution in [3.8, 4) is 0 Å². The second-order valence-corrected chi connectivity index (χ2v) is 5.75. The van der Waals surface area contributed by atoms with E-state index in [1.54, 1.807) is 0 Å². The van der Waals surface area contributed by atoms with E-state index in [1.165, 1.54) is 5.56 Å². The van der Waals surface area contributed by atoms with Gasteiger partial charge in [-0.3, -0.25) is 0 Å². The summed E-state index contributed by atoms with van der Waals surface area (Å²) in [5.74, 6) is 1.74. The van der Waals surface area contributed by atoms with E-state index in [1.807, 2.05) is 19.1 Å². The molecule has 0 aliphatic heterocycles. The Labute approximate surface area is 121 Å². The van der Waals surface area contributed by atoms with Gasteiger partial charge in [0.2, 0.25) is 0 Å². The largest absolute Gasteiger partial charge is 0.369 e. The van der Waals surface area contributed by atoms with Gasteiger partial charge in [-0.15, -0.1) is 0 Å². The van der Waals surface area contributed by atoms with E-state index in [4.69, 9.17) is 0 Å². The molecule has 0 saturated heterocycles. The Balaban J connectivity index is 2.10. The average molecular weight is 269 g/mol. The van der Waals surface area contributed by atoms with Crippen molar-refractivity contribution in [2.24, 2.45) is 0 Å². The molecule has 1 heterocycles. The zero-order valence-corrected chi connectivity index (χ0v) is 12.8. The van der Waals surface area contributed by atoms with Crippen LogP contribution in [-0.2, 0) is 11.8 Å². The Morgan fingerprint density at radius 2 is 1.80 bits per heavy atom. The van der Waals surface area contributed by atoms with Gasteiger partial charge >= 0.3 is 0 Å². The minimum Gasteiger partial charge on any atom is -0.369 e. The van der Waals surface area contributed by atoms with E-state index in [2.05, 4.69) is 60.3 Å². The van der Waals surface area contributed by atoms with Crippen LogP contribution in [0.4, 0.5) is 5.82 Å². The molecule has 2 aromatic rings. The van der Waals surface area contributed by atoms with E-state index in [-0.39, 0.29) is 5.41 Å². The molecule has 0 radical (unpaired) electrons. The normalized spacial score (nSPS) is 11.4. The maximum atomic E-state index is 4.46. The summed E-state index contributed by atoms with van der Waals surface area (Å²) in [6.07, 6.45) is 0.931. The summed E-state index contributed by atoms with van der Waals surface area (Å²) >= 11 is 0. The van der Waals surface area contributed by atoms with Crippen molar-refractivity contribution >= 4 is 5.82 Å². The number of rotatable bonds is 5. The SMILES string of the molecule is CCc1cc(NCC(C)(C)c2ccccc2)nc(C)n1. The van der Waals surface area contributed by atoms with Gasteiger partial charge < -0.3 is 5.32 Å². The minimum atomic E-state index is 0.0620. The molecular weight excluding hydrogens is 246 g/mol. The zero-order valence-electron chi connectivity index (χ0n) is 12.8. The van der Waals surface area contributed by atoms with Crippen molar-refractivity contribution in [1.29, 1.82) is 0 Å². The number of benzene rings is 1. The molecular formula is C17H23N3. The Morgan fingerprint density at radius 1 is 1.10 bits per heavy atom. The molecule has 0 aliphatic rings. The summed E-state index contributed by atoms with van der Waals surface area (Å²) in [6, 6.07) is 12.6. The Kier molecular flexibility index (Phi) is 4.38. The molecule has 1 N–H and O–H groups in total. The Morgan fingerprint density at radius 3 is 2.45 bits per heavy atom. The van der Waals surface area contributed by atoms with Gasteiger partial charge in [-0.2, -0.15) is 0 Å². The summed E-state index contributed by atoms with van der Waals surface area (Å²) in [7, 11) is 0. The van der Waals surface area contributed by atoms with E-state index in [0.29, 0.717) is 0 Å². The fourth-order valence-electron chi connectivity index (χ4n) is 2.20. The summed E-state index contributed by atoms with van der Waals surface area (Å²) in [6.45, 7) is 9.37. The summed E-state index contributed by atoms with van der Waals surface area (Å²) in [4.78, 5) is 8.86. The summed E-state index contributed by atoms with van der Waals surface area (Å²) in [5.41, 5.74) is 2.47. The molecule has 3 heteroatoms. The molecule has 1 aromatic carbocycles. The number of anilines is 1. The first-order valence-electron chi connectivity index (χ1n) is 7.15. The maximum Gasteiger partial charge on any atom is 0.129 e. The molecule has 0 atom stereocenters. The van der Waals surface area contributed by atoms with Gasteiger partial charge in [-0.25, -0.2) is 9.97 Å². The molecule has 0 amide bonds. The van der Waals surface area contributed by atoms with Gasteiger partial charge in [0.05, 0.1) is 0 Å². The highest BCUT2D eigenvalue weighted by molar-refractivity contribution is 5.38. The molecule has 0 bridgehead atoms. The minimum absolute atomic E-state index is 0.0620. The van der Waals surface area contributed by atoms with E-state index >= 15 is 0 Å². The second kappa shape index (κ2) is 6.04. The average Bonchev–Trinajstić information content (AvgIpc) is 2.45. The lowest BCUT2D eigenvalue weighted by Crippen LogP contribution is -2.28. The van der Waals surface area contributed by atoms with Gasteiger partial charge in [0, 0.05) is 23.7 Å². The van der Waals surface area contributed by atoms with Crippen LogP contribution in [0, 0.1) is 6.92 Å². The van der Waals surface area contributed by atoms with Crippen LogP contribution in [-0.4, -0.2) is 16.5 Å². The number of hydrogen-bond acceptors (Lipinski definition) is 3. The molecule has 0 saturated carbocycles. The molecule has 0 unspecified atom stereocenters. The molecule has 2 rings (SSSR count). The van der Waals surface area contributed by atoms with Crippen molar-refractivity contribution in [3.05, 3.63) is 53.5 Å². The third-order valence-electron chi connectivity index (χ3n) is 3.52. The third kappa shape index (κ3) is 3.56. The van der Waals surface area contributed by atoms with Crippen LogP contribution < -0.4 is 5.32 Å².